The molecule has 0 aliphatic rings. The molecule has 1 aromatic heterocycles. The molecule has 0 radical (unpaired) electrons. The number of hydrogen-bond acceptors (Lipinski definition) is 3. The molecule has 0 unspecified atom stereocenters. The van der Waals surface area contributed by atoms with E-state index < -0.39 is 0 Å². The van der Waals surface area contributed by atoms with Crippen LogP contribution in [0.1, 0.15) is 25.2 Å². The number of allylic oxidation sites excluding steroid dienone is 3. The normalized spacial score (nSPS) is 12.1. The summed E-state index contributed by atoms with van der Waals surface area (Å²) in [5.41, 5.74) is 1.51. The number of methoxy groups -OCH3 is 1. The van der Waals surface area contributed by atoms with E-state index in [0.717, 1.165) is 5.57 Å². The van der Waals surface area contributed by atoms with Crippen molar-refractivity contribution in [3.63, 3.8) is 0 Å². The maximum absolute atomic E-state index is 11.5. The quantitative estimate of drug-likeness (QED) is 0.735. The molecule has 0 spiro atoms. The van der Waals surface area contributed by atoms with Gasteiger partial charge in [-0.3, -0.25) is 4.79 Å². The highest BCUT2D eigenvalue weighted by Gasteiger charge is 2.06. The summed E-state index contributed by atoms with van der Waals surface area (Å²) in [5.74, 6) is 0.763. The fourth-order valence-corrected chi connectivity index (χ4v) is 1.14. The largest absolute Gasteiger partial charge is 0.468 e. The predicted octanol–water partition coefficient (Wildman–Crippen LogP) is 2.94. The van der Waals surface area contributed by atoms with Crippen LogP contribution in [-0.2, 0) is 0 Å². The Morgan fingerprint density at radius 1 is 1.50 bits per heavy atom. The van der Waals surface area contributed by atoms with E-state index in [1.807, 2.05) is 26.0 Å². The van der Waals surface area contributed by atoms with Crippen molar-refractivity contribution in [2.75, 3.05) is 7.11 Å². The van der Waals surface area contributed by atoms with Crippen molar-refractivity contribution in [1.29, 1.82) is 0 Å². The van der Waals surface area contributed by atoms with Gasteiger partial charge in [-0.1, -0.05) is 17.7 Å². The number of hydrogen-bond donors (Lipinski definition) is 0. The van der Waals surface area contributed by atoms with Gasteiger partial charge in [-0.2, -0.15) is 0 Å². The van der Waals surface area contributed by atoms with E-state index in [0.29, 0.717) is 11.3 Å². The highest BCUT2D eigenvalue weighted by Crippen LogP contribution is 2.16. The van der Waals surface area contributed by atoms with Crippen molar-refractivity contribution >= 4 is 6.08 Å². The van der Waals surface area contributed by atoms with Crippen LogP contribution in [0.3, 0.4) is 0 Å². The van der Waals surface area contributed by atoms with E-state index in [4.69, 9.17) is 9.15 Å². The average Bonchev–Trinajstić information content (AvgIpc) is 2.29. The minimum atomic E-state index is -0.0825. The van der Waals surface area contributed by atoms with E-state index in [2.05, 4.69) is 0 Å². The summed E-state index contributed by atoms with van der Waals surface area (Å²) in [6, 6.07) is 1.46. The van der Waals surface area contributed by atoms with Crippen molar-refractivity contribution in [3.05, 3.63) is 45.3 Å². The first-order chi connectivity index (χ1) is 7.58. The van der Waals surface area contributed by atoms with Crippen molar-refractivity contribution < 1.29 is 9.15 Å². The first kappa shape index (κ1) is 12.3. The molecule has 16 heavy (non-hydrogen) atoms. The van der Waals surface area contributed by atoms with Gasteiger partial charge >= 0.3 is 0 Å². The Bertz CT molecular complexity index is 478. The molecule has 0 aromatic carbocycles. The third-order valence-electron chi connectivity index (χ3n) is 2.31. The molecule has 0 N–H and O–H groups in total. The van der Waals surface area contributed by atoms with Crippen LogP contribution in [0.25, 0.3) is 6.08 Å². The molecule has 0 bridgehead atoms. The number of ether oxygens (including phenoxy) is 1. The lowest BCUT2D eigenvalue weighted by Gasteiger charge is -2.02. The van der Waals surface area contributed by atoms with Gasteiger partial charge in [0.05, 0.1) is 12.7 Å². The summed E-state index contributed by atoms with van der Waals surface area (Å²) in [4.78, 5) is 11.5. The van der Waals surface area contributed by atoms with E-state index in [1.54, 1.807) is 13.0 Å². The lowest BCUT2D eigenvalue weighted by atomic mass is 10.2. The molecule has 1 rings (SSSR count). The topological polar surface area (TPSA) is 39.4 Å². The first-order valence-corrected chi connectivity index (χ1v) is 5.08. The average molecular weight is 220 g/mol. The molecule has 0 atom stereocenters. The van der Waals surface area contributed by atoms with Gasteiger partial charge in [-0.25, -0.2) is 0 Å². The zero-order valence-corrected chi connectivity index (χ0v) is 10.0. The molecule has 0 aliphatic carbocycles. The maximum atomic E-state index is 11.5. The molecule has 86 valence electrons. The molecular weight excluding hydrogens is 204 g/mol. The summed E-state index contributed by atoms with van der Waals surface area (Å²) < 4.78 is 10.4. The fraction of sp³-hybridized carbons (Fsp3) is 0.308. The van der Waals surface area contributed by atoms with Gasteiger partial charge in [-0.05, 0) is 26.8 Å². The third kappa shape index (κ3) is 2.86. The van der Waals surface area contributed by atoms with E-state index in [-0.39, 0.29) is 11.4 Å². The van der Waals surface area contributed by atoms with Crippen molar-refractivity contribution in [3.8, 4) is 5.95 Å². The molecule has 0 saturated carbocycles. The van der Waals surface area contributed by atoms with Crippen molar-refractivity contribution in [1.82, 2.24) is 0 Å². The van der Waals surface area contributed by atoms with Crippen LogP contribution < -0.4 is 10.2 Å². The zero-order chi connectivity index (χ0) is 12.1. The Hall–Kier alpha value is -1.77. The van der Waals surface area contributed by atoms with Crippen LogP contribution in [-0.4, -0.2) is 7.11 Å². The van der Waals surface area contributed by atoms with Crippen LogP contribution in [0.15, 0.2) is 33.0 Å². The summed E-state index contributed by atoms with van der Waals surface area (Å²) >= 11 is 0. The first-order valence-electron chi connectivity index (χ1n) is 5.08. The Labute approximate surface area is 95.1 Å². The van der Waals surface area contributed by atoms with Gasteiger partial charge in [0, 0.05) is 6.07 Å². The van der Waals surface area contributed by atoms with Crippen LogP contribution in [0, 0.1) is 6.92 Å². The van der Waals surface area contributed by atoms with Crippen LogP contribution in [0.5, 0.6) is 5.95 Å². The SMILES string of the molecule is C/C=C(C)/C=C/c1cc(=O)c(C)c(OC)o1. The van der Waals surface area contributed by atoms with Crippen LogP contribution >= 0.6 is 0 Å². The molecule has 3 nitrogen and oxygen atoms in total. The van der Waals surface area contributed by atoms with Crippen molar-refractivity contribution in [2.24, 2.45) is 0 Å². The lowest BCUT2D eigenvalue weighted by Crippen LogP contribution is -2.05. The van der Waals surface area contributed by atoms with E-state index in [1.165, 1.54) is 13.2 Å². The van der Waals surface area contributed by atoms with Gasteiger partial charge in [0.2, 0.25) is 0 Å². The minimum Gasteiger partial charge on any atom is -0.468 e. The smallest absolute Gasteiger partial charge is 0.291 e. The molecule has 0 saturated heterocycles. The lowest BCUT2D eigenvalue weighted by molar-refractivity contribution is 0.290. The Balaban J connectivity index is 3.13. The summed E-state index contributed by atoms with van der Waals surface area (Å²) in [5, 5.41) is 0. The summed E-state index contributed by atoms with van der Waals surface area (Å²) in [7, 11) is 1.48. The van der Waals surface area contributed by atoms with E-state index in [9.17, 15) is 4.79 Å². The second kappa shape index (κ2) is 5.35. The number of rotatable bonds is 3. The van der Waals surface area contributed by atoms with Gasteiger partial charge in [0.1, 0.15) is 5.76 Å². The highest BCUT2D eigenvalue weighted by molar-refractivity contribution is 5.48. The fourth-order valence-electron chi connectivity index (χ4n) is 1.14. The maximum Gasteiger partial charge on any atom is 0.291 e. The van der Waals surface area contributed by atoms with Gasteiger partial charge in [0.15, 0.2) is 5.43 Å². The van der Waals surface area contributed by atoms with Gasteiger partial charge in [0.25, 0.3) is 5.95 Å². The van der Waals surface area contributed by atoms with Crippen LogP contribution in [0.4, 0.5) is 0 Å². The molecule has 1 heterocycles. The van der Waals surface area contributed by atoms with Gasteiger partial charge in [-0.15, -0.1) is 0 Å². The molecule has 1 aromatic rings. The highest BCUT2D eigenvalue weighted by atomic mass is 16.6. The molecular formula is C13H16O3. The Morgan fingerprint density at radius 2 is 2.19 bits per heavy atom. The minimum absolute atomic E-state index is 0.0825. The third-order valence-corrected chi connectivity index (χ3v) is 2.31. The second-order valence-corrected chi connectivity index (χ2v) is 3.50. The second-order valence-electron chi connectivity index (χ2n) is 3.50. The summed E-state index contributed by atoms with van der Waals surface area (Å²) in [6.07, 6.45) is 5.60. The zero-order valence-electron chi connectivity index (χ0n) is 10.0. The molecule has 3 heteroatoms. The molecule has 0 amide bonds. The molecule has 0 fully saturated rings. The predicted molar refractivity (Wildman–Crippen MR) is 64.7 cm³/mol. The molecule has 0 aliphatic heterocycles. The van der Waals surface area contributed by atoms with Gasteiger partial charge < -0.3 is 9.15 Å². The summed E-state index contributed by atoms with van der Waals surface area (Å²) in [6.45, 7) is 5.60. The monoisotopic (exact) mass is 220 g/mol. The van der Waals surface area contributed by atoms with Crippen LogP contribution in [0.2, 0.25) is 0 Å². The van der Waals surface area contributed by atoms with E-state index >= 15 is 0 Å². The standard InChI is InChI=1S/C13H16O3/c1-5-9(2)6-7-11-8-12(14)10(3)13(15-4)16-11/h5-8H,1-4H3/b7-6+,9-5+. The Kier molecular flexibility index (Phi) is 4.11. The van der Waals surface area contributed by atoms with Crippen molar-refractivity contribution in [2.45, 2.75) is 20.8 Å². The Morgan fingerprint density at radius 3 is 2.75 bits per heavy atom.